The number of nitrogens with zero attached hydrogens (tertiary/aromatic N) is 3. The maximum Gasteiger partial charge on any atom is 0.394 e. The standard InChI is InChI=1S/C23H20F6N4O2/c1-11(12-4-3-5-13(17(12)24)18(25)26)30-19-15-7-33(16(34)6-14(15)20(35)32(2)31-19)22-8-21(9-22,10-22)23(27,28)29/h3-7,11,18H,8-10H2,1-2H3,(H,30,31). The first-order chi connectivity index (χ1) is 16.3. The Balaban J connectivity index is 1.57. The molecule has 1 unspecified atom stereocenters. The second-order valence-electron chi connectivity index (χ2n) is 9.54. The van der Waals surface area contributed by atoms with Crippen molar-refractivity contribution in [3.05, 3.63) is 68.1 Å². The fraction of sp³-hybridized carbons (Fsp3) is 0.435. The number of hydrogen-bond acceptors (Lipinski definition) is 4. The van der Waals surface area contributed by atoms with Crippen LogP contribution in [0.1, 0.15) is 49.8 Å². The maximum absolute atomic E-state index is 14.7. The predicted molar refractivity (Wildman–Crippen MR) is 115 cm³/mol. The summed E-state index contributed by atoms with van der Waals surface area (Å²) in [5, 5.41) is 7.19. The van der Waals surface area contributed by atoms with Gasteiger partial charge in [0.15, 0.2) is 5.82 Å². The third-order valence-electron chi connectivity index (χ3n) is 7.31. The molecule has 6 nitrogen and oxygen atoms in total. The highest BCUT2D eigenvalue weighted by molar-refractivity contribution is 5.90. The molecule has 3 saturated carbocycles. The van der Waals surface area contributed by atoms with Gasteiger partial charge in [0.25, 0.3) is 17.5 Å². The summed E-state index contributed by atoms with van der Waals surface area (Å²) in [6.07, 6.45) is -6.73. The lowest BCUT2D eigenvalue weighted by Gasteiger charge is -2.70. The number of hydrogen-bond donors (Lipinski definition) is 1. The molecular weight excluding hydrogens is 478 g/mol. The van der Waals surface area contributed by atoms with Crippen LogP contribution in [-0.2, 0) is 12.6 Å². The van der Waals surface area contributed by atoms with Crippen LogP contribution < -0.4 is 16.4 Å². The van der Waals surface area contributed by atoms with Gasteiger partial charge in [-0.1, -0.05) is 18.2 Å². The highest BCUT2D eigenvalue weighted by Crippen LogP contribution is 2.76. The van der Waals surface area contributed by atoms with Crippen molar-refractivity contribution in [1.29, 1.82) is 0 Å². The number of halogens is 6. The molecule has 0 aliphatic heterocycles. The van der Waals surface area contributed by atoms with Crippen LogP contribution >= 0.6 is 0 Å². The van der Waals surface area contributed by atoms with Crippen molar-refractivity contribution in [3.63, 3.8) is 0 Å². The number of benzene rings is 1. The van der Waals surface area contributed by atoms with Gasteiger partial charge >= 0.3 is 6.18 Å². The highest BCUT2D eigenvalue weighted by atomic mass is 19.4. The summed E-state index contributed by atoms with van der Waals surface area (Å²) in [5.41, 5.74) is -4.79. The van der Waals surface area contributed by atoms with Crippen molar-refractivity contribution < 1.29 is 26.3 Å². The van der Waals surface area contributed by atoms with Crippen molar-refractivity contribution in [2.24, 2.45) is 12.5 Å². The van der Waals surface area contributed by atoms with E-state index in [1.54, 1.807) is 0 Å². The van der Waals surface area contributed by atoms with Gasteiger partial charge in [-0.25, -0.2) is 17.9 Å². The monoisotopic (exact) mass is 498 g/mol. The summed E-state index contributed by atoms with van der Waals surface area (Å²) in [5.74, 6) is -1.03. The van der Waals surface area contributed by atoms with Crippen molar-refractivity contribution in [3.8, 4) is 0 Å². The minimum atomic E-state index is -4.36. The molecule has 0 radical (unpaired) electrons. The second-order valence-corrected chi connectivity index (χ2v) is 9.54. The molecular formula is C23H20F6N4O2. The van der Waals surface area contributed by atoms with Crippen molar-refractivity contribution in [2.75, 3.05) is 5.32 Å². The predicted octanol–water partition coefficient (Wildman–Crippen LogP) is 4.79. The molecule has 3 aliphatic rings. The van der Waals surface area contributed by atoms with Gasteiger partial charge < -0.3 is 9.88 Å². The number of anilines is 1. The Morgan fingerprint density at radius 2 is 1.71 bits per heavy atom. The van der Waals surface area contributed by atoms with Crippen molar-refractivity contribution in [1.82, 2.24) is 14.3 Å². The Bertz CT molecular complexity index is 1460. The summed E-state index contributed by atoms with van der Waals surface area (Å²) in [6.45, 7) is 1.51. The van der Waals surface area contributed by atoms with Gasteiger partial charge in [-0.05, 0) is 26.2 Å². The van der Waals surface area contributed by atoms with Crippen LogP contribution in [0.2, 0.25) is 0 Å². The average molecular weight is 498 g/mol. The van der Waals surface area contributed by atoms with Crippen molar-refractivity contribution >= 4 is 16.6 Å². The molecule has 2 aromatic heterocycles. The second kappa shape index (κ2) is 7.34. The number of pyridine rings is 1. The zero-order valence-corrected chi connectivity index (χ0v) is 18.6. The van der Waals surface area contributed by atoms with Gasteiger partial charge in [-0.2, -0.15) is 18.3 Å². The molecule has 3 aromatic rings. The van der Waals surface area contributed by atoms with E-state index in [4.69, 9.17) is 0 Å². The molecule has 6 rings (SSSR count). The third kappa shape index (κ3) is 3.29. The largest absolute Gasteiger partial charge is 0.394 e. The third-order valence-corrected chi connectivity index (χ3v) is 7.31. The van der Waals surface area contributed by atoms with Gasteiger partial charge in [0.05, 0.1) is 27.9 Å². The van der Waals surface area contributed by atoms with E-state index in [2.05, 4.69) is 10.4 Å². The van der Waals surface area contributed by atoms with Gasteiger partial charge in [0.1, 0.15) is 5.82 Å². The van der Waals surface area contributed by atoms with Crippen LogP contribution in [0.4, 0.5) is 32.2 Å². The summed E-state index contributed by atoms with van der Waals surface area (Å²) in [6, 6.07) is 3.80. The van der Waals surface area contributed by atoms with Crippen LogP contribution in [0.25, 0.3) is 10.8 Å². The first-order valence-corrected chi connectivity index (χ1v) is 10.8. The minimum Gasteiger partial charge on any atom is -0.361 e. The molecule has 2 heterocycles. The Hall–Kier alpha value is -3.31. The molecule has 1 aromatic carbocycles. The fourth-order valence-electron chi connectivity index (χ4n) is 5.44. The van der Waals surface area contributed by atoms with Gasteiger partial charge in [-0.3, -0.25) is 9.59 Å². The van der Waals surface area contributed by atoms with Gasteiger partial charge in [-0.15, -0.1) is 0 Å². The van der Waals surface area contributed by atoms with Crippen LogP contribution in [0.5, 0.6) is 0 Å². The molecule has 3 fully saturated rings. The van der Waals surface area contributed by atoms with Crippen LogP contribution in [-0.4, -0.2) is 20.5 Å². The lowest BCUT2D eigenvalue weighted by molar-refractivity contribution is -0.354. The van der Waals surface area contributed by atoms with Crippen molar-refractivity contribution in [2.45, 2.75) is 50.4 Å². The zero-order chi connectivity index (χ0) is 25.5. The molecule has 12 heteroatoms. The van der Waals surface area contributed by atoms with E-state index in [1.807, 2.05) is 0 Å². The number of fused-ring (bicyclic) bond motifs is 1. The Kier molecular flexibility index (Phi) is 4.92. The molecule has 35 heavy (non-hydrogen) atoms. The smallest absolute Gasteiger partial charge is 0.361 e. The lowest BCUT2D eigenvalue weighted by Crippen LogP contribution is -2.74. The summed E-state index contributed by atoms with van der Waals surface area (Å²) >= 11 is 0. The van der Waals surface area contributed by atoms with E-state index in [0.717, 1.165) is 16.8 Å². The number of alkyl halides is 5. The molecule has 2 bridgehead atoms. The summed E-state index contributed by atoms with van der Waals surface area (Å²) in [4.78, 5) is 25.4. The zero-order valence-electron chi connectivity index (χ0n) is 18.6. The van der Waals surface area contributed by atoms with E-state index in [1.165, 1.54) is 36.9 Å². The molecule has 1 N–H and O–H groups in total. The SMILES string of the molecule is CC(Nc1nn(C)c(=O)c2cc(=O)n(C34CC(C(F)(F)F)(C3)C4)cc12)c1cccc(C(F)F)c1F. The average Bonchev–Trinajstić information content (AvgIpc) is 2.69. The summed E-state index contributed by atoms with van der Waals surface area (Å²) in [7, 11) is 1.34. The Morgan fingerprint density at radius 3 is 2.31 bits per heavy atom. The number of rotatable bonds is 5. The number of aryl methyl sites for hydroxylation is 1. The van der Waals surface area contributed by atoms with Crippen LogP contribution in [0.15, 0.2) is 40.1 Å². The van der Waals surface area contributed by atoms with E-state index >= 15 is 0 Å². The van der Waals surface area contributed by atoms with Crippen LogP contribution in [0, 0.1) is 11.2 Å². The van der Waals surface area contributed by atoms with E-state index in [-0.39, 0.29) is 41.4 Å². The fourth-order valence-corrected chi connectivity index (χ4v) is 5.44. The van der Waals surface area contributed by atoms with Crippen LogP contribution in [0.3, 0.4) is 0 Å². The Morgan fingerprint density at radius 1 is 1.09 bits per heavy atom. The first-order valence-electron chi connectivity index (χ1n) is 10.8. The lowest BCUT2D eigenvalue weighted by atomic mass is 9.39. The maximum atomic E-state index is 14.7. The highest BCUT2D eigenvalue weighted by Gasteiger charge is 2.79. The molecule has 3 aliphatic carbocycles. The van der Waals surface area contributed by atoms with E-state index < -0.39 is 52.1 Å². The Labute approximate surface area is 194 Å². The molecule has 0 amide bonds. The molecule has 186 valence electrons. The summed E-state index contributed by atoms with van der Waals surface area (Å²) < 4.78 is 83.0. The molecule has 0 spiro atoms. The number of aromatic nitrogens is 3. The number of nitrogens with one attached hydrogen (secondary N) is 1. The quantitative estimate of drug-likeness (QED) is 0.514. The molecule has 0 saturated heterocycles. The first kappa shape index (κ1) is 23.4. The topological polar surface area (TPSA) is 68.9 Å². The molecule has 1 atom stereocenters. The normalized spacial score (nSPS) is 24.3. The van der Waals surface area contributed by atoms with E-state index in [0.29, 0.717) is 0 Å². The van der Waals surface area contributed by atoms with E-state index in [9.17, 15) is 35.9 Å². The van der Waals surface area contributed by atoms with Gasteiger partial charge in [0.2, 0.25) is 0 Å². The van der Waals surface area contributed by atoms with Gasteiger partial charge in [0, 0.05) is 30.3 Å². The minimum absolute atomic E-state index is 0.0163.